The third-order valence-electron chi connectivity index (χ3n) is 4.97. The van der Waals surface area contributed by atoms with Crippen LogP contribution in [-0.4, -0.2) is 61.1 Å². The molecule has 3 amide bonds. The maximum Gasteiger partial charge on any atom is 0.321 e. The lowest BCUT2D eigenvalue weighted by Gasteiger charge is -2.36. The van der Waals surface area contributed by atoms with Gasteiger partial charge < -0.3 is 19.9 Å². The highest BCUT2D eigenvalue weighted by Crippen LogP contribution is 2.21. The second-order valence-electron chi connectivity index (χ2n) is 6.71. The van der Waals surface area contributed by atoms with Crippen molar-refractivity contribution >= 4 is 17.6 Å². The highest BCUT2D eigenvalue weighted by molar-refractivity contribution is 5.90. The molecule has 0 unspecified atom stereocenters. The molecule has 136 valence electrons. The van der Waals surface area contributed by atoms with Gasteiger partial charge in [0.15, 0.2) is 0 Å². The van der Waals surface area contributed by atoms with Crippen LogP contribution >= 0.6 is 0 Å². The van der Waals surface area contributed by atoms with Gasteiger partial charge in [0.25, 0.3) is 0 Å². The summed E-state index contributed by atoms with van der Waals surface area (Å²) in [5, 5.41) is 2.97. The third-order valence-corrected chi connectivity index (χ3v) is 4.97. The molecule has 2 heterocycles. The number of ether oxygens (including phenoxy) is 1. The summed E-state index contributed by atoms with van der Waals surface area (Å²) in [6.07, 6.45) is 2.65. The zero-order valence-corrected chi connectivity index (χ0v) is 14.9. The molecule has 0 aromatic heterocycles. The van der Waals surface area contributed by atoms with E-state index in [-0.39, 0.29) is 17.9 Å². The highest BCUT2D eigenvalue weighted by atomic mass is 16.5. The molecule has 0 radical (unpaired) electrons. The number of nitrogens with one attached hydrogen (secondary N) is 1. The Hall–Kier alpha value is -2.08. The molecular formula is C19H27N3O3. The van der Waals surface area contributed by atoms with Crippen molar-refractivity contribution in [2.45, 2.75) is 26.2 Å². The molecule has 2 saturated heterocycles. The minimum Gasteiger partial charge on any atom is -0.378 e. The number of hydrogen-bond donors (Lipinski definition) is 1. The first-order chi connectivity index (χ1) is 12.2. The van der Waals surface area contributed by atoms with Crippen LogP contribution in [0.15, 0.2) is 24.3 Å². The van der Waals surface area contributed by atoms with Crippen LogP contribution in [0.1, 0.15) is 25.3 Å². The number of nitrogens with zero attached hydrogens (tertiary/aromatic N) is 2. The van der Waals surface area contributed by atoms with Crippen molar-refractivity contribution in [1.29, 1.82) is 0 Å². The van der Waals surface area contributed by atoms with Gasteiger partial charge in [-0.1, -0.05) is 19.1 Å². The van der Waals surface area contributed by atoms with Gasteiger partial charge in [-0.25, -0.2) is 4.79 Å². The normalized spacial score (nSPS) is 21.1. The lowest BCUT2D eigenvalue weighted by Crippen LogP contribution is -2.50. The number of benzene rings is 1. The fourth-order valence-corrected chi connectivity index (χ4v) is 3.48. The van der Waals surface area contributed by atoms with Crippen molar-refractivity contribution in [1.82, 2.24) is 9.80 Å². The van der Waals surface area contributed by atoms with Gasteiger partial charge in [-0.3, -0.25) is 4.79 Å². The number of likely N-dealkylation sites (tertiary alicyclic amines) is 1. The Morgan fingerprint density at radius 1 is 1.20 bits per heavy atom. The molecule has 2 aliphatic rings. The number of morpholine rings is 1. The summed E-state index contributed by atoms with van der Waals surface area (Å²) in [5.41, 5.74) is 2.00. The molecule has 6 nitrogen and oxygen atoms in total. The summed E-state index contributed by atoms with van der Waals surface area (Å²) < 4.78 is 5.31. The summed E-state index contributed by atoms with van der Waals surface area (Å²) in [7, 11) is 0. The summed E-state index contributed by atoms with van der Waals surface area (Å²) in [6.45, 7) is 5.82. The number of carbonyl (C=O) groups excluding carboxylic acids is 2. The van der Waals surface area contributed by atoms with Gasteiger partial charge in [-0.15, -0.1) is 0 Å². The number of aryl methyl sites for hydroxylation is 1. The van der Waals surface area contributed by atoms with Gasteiger partial charge in [-0.2, -0.15) is 0 Å². The van der Waals surface area contributed by atoms with E-state index in [9.17, 15) is 9.59 Å². The van der Waals surface area contributed by atoms with Gasteiger partial charge in [0, 0.05) is 31.9 Å². The molecule has 2 aliphatic heterocycles. The number of carbonyl (C=O) groups is 2. The van der Waals surface area contributed by atoms with Crippen LogP contribution in [0.25, 0.3) is 0 Å². The van der Waals surface area contributed by atoms with E-state index in [2.05, 4.69) is 12.2 Å². The van der Waals surface area contributed by atoms with Crippen LogP contribution in [0.5, 0.6) is 0 Å². The Labute approximate surface area is 149 Å². The van der Waals surface area contributed by atoms with E-state index in [1.807, 2.05) is 29.2 Å². The minimum atomic E-state index is -0.118. The van der Waals surface area contributed by atoms with Gasteiger partial charge in [0.2, 0.25) is 5.91 Å². The first-order valence-electron chi connectivity index (χ1n) is 9.18. The lowest BCUT2D eigenvalue weighted by atomic mass is 9.96. The van der Waals surface area contributed by atoms with E-state index < -0.39 is 0 Å². The van der Waals surface area contributed by atoms with Crippen molar-refractivity contribution in [3.63, 3.8) is 0 Å². The van der Waals surface area contributed by atoms with E-state index in [1.165, 1.54) is 5.56 Å². The molecular weight excluding hydrogens is 318 g/mol. The highest BCUT2D eigenvalue weighted by Gasteiger charge is 2.31. The van der Waals surface area contributed by atoms with Crippen molar-refractivity contribution in [2.24, 2.45) is 5.92 Å². The van der Waals surface area contributed by atoms with Crippen LogP contribution in [0, 0.1) is 5.92 Å². The number of urea groups is 1. The Morgan fingerprint density at radius 3 is 2.76 bits per heavy atom. The second-order valence-corrected chi connectivity index (χ2v) is 6.71. The quantitative estimate of drug-likeness (QED) is 0.915. The van der Waals surface area contributed by atoms with Crippen molar-refractivity contribution in [3.8, 4) is 0 Å². The maximum absolute atomic E-state index is 12.7. The smallest absolute Gasteiger partial charge is 0.321 e. The number of amides is 3. The first-order valence-corrected chi connectivity index (χ1v) is 9.18. The summed E-state index contributed by atoms with van der Waals surface area (Å²) >= 11 is 0. The summed E-state index contributed by atoms with van der Waals surface area (Å²) in [5.74, 6) is 0.0633. The molecule has 2 fully saturated rings. The Morgan fingerprint density at radius 2 is 2.00 bits per heavy atom. The molecule has 0 bridgehead atoms. The van der Waals surface area contributed by atoms with Gasteiger partial charge in [-0.05, 0) is 37.0 Å². The van der Waals surface area contributed by atoms with Crippen LogP contribution in [0.2, 0.25) is 0 Å². The lowest BCUT2D eigenvalue weighted by molar-refractivity contribution is -0.141. The van der Waals surface area contributed by atoms with Gasteiger partial charge in [0.1, 0.15) is 0 Å². The van der Waals surface area contributed by atoms with Crippen molar-refractivity contribution in [2.75, 3.05) is 44.7 Å². The third kappa shape index (κ3) is 4.51. The summed E-state index contributed by atoms with van der Waals surface area (Å²) in [4.78, 5) is 28.9. The molecule has 0 aliphatic carbocycles. The average Bonchev–Trinajstić information content (AvgIpc) is 2.68. The molecule has 1 aromatic carbocycles. The van der Waals surface area contributed by atoms with Crippen LogP contribution in [-0.2, 0) is 16.0 Å². The summed E-state index contributed by atoms with van der Waals surface area (Å²) in [6, 6.07) is 7.78. The van der Waals surface area contributed by atoms with E-state index in [4.69, 9.17) is 4.74 Å². The van der Waals surface area contributed by atoms with Crippen LogP contribution in [0.3, 0.4) is 0 Å². The molecule has 0 spiro atoms. The van der Waals surface area contributed by atoms with Gasteiger partial charge >= 0.3 is 6.03 Å². The second kappa shape index (κ2) is 8.34. The largest absolute Gasteiger partial charge is 0.378 e. The van der Waals surface area contributed by atoms with Crippen LogP contribution in [0.4, 0.5) is 10.5 Å². The molecule has 6 heteroatoms. The molecule has 1 aromatic rings. The zero-order chi connectivity index (χ0) is 17.6. The zero-order valence-electron chi connectivity index (χ0n) is 14.9. The molecule has 25 heavy (non-hydrogen) atoms. The fourth-order valence-electron chi connectivity index (χ4n) is 3.48. The predicted octanol–water partition coefficient (Wildman–Crippen LogP) is 2.35. The standard InChI is InChI=1S/C19H27N3O3/c1-2-15-5-3-7-17(13-15)20-19(24)22-8-4-6-16(14-22)18(23)21-9-11-25-12-10-21/h3,5,7,13,16H,2,4,6,8-12,14H2,1H3,(H,20,24)/t16-/m0/s1. The van der Waals surface area contributed by atoms with E-state index in [0.29, 0.717) is 39.4 Å². The molecule has 1 N–H and O–H groups in total. The van der Waals surface area contributed by atoms with Crippen LogP contribution < -0.4 is 5.32 Å². The van der Waals surface area contributed by atoms with Gasteiger partial charge in [0.05, 0.1) is 19.1 Å². The minimum absolute atomic E-state index is 0.0976. The fraction of sp³-hybridized carbons (Fsp3) is 0.579. The van der Waals surface area contributed by atoms with E-state index in [0.717, 1.165) is 24.9 Å². The Balaban J connectivity index is 1.58. The monoisotopic (exact) mass is 345 g/mol. The Bertz CT molecular complexity index is 614. The molecule has 1 atom stereocenters. The average molecular weight is 345 g/mol. The number of anilines is 1. The Kier molecular flexibility index (Phi) is 5.91. The SMILES string of the molecule is CCc1cccc(NC(=O)N2CCC[C@H](C(=O)N3CCOCC3)C2)c1. The number of hydrogen-bond acceptors (Lipinski definition) is 3. The topological polar surface area (TPSA) is 61.9 Å². The predicted molar refractivity (Wildman–Crippen MR) is 96.5 cm³/mol. The molecule has 3 rings (SSSR count). The molecule has 0 saturated carbocycles. The first kappa shape index (κ1) is 17.7. The number of rotatable bonds is 3. The maximum atomic E-state index is 12.7. The van der Waals surface area contributed by atoms with Crippen molar-refractivity contribution < 1.29 is 14.3 Å². The van der Waals surface area contributed by atoms with Crippen molar-refractivity contribution in [3.05, 3.63) is 29.8 Å². The number of piperidine rings is 1. The van der Waals surface area contributed by atoms with E-state index >= 15 is 0 Å². The van der Waals surface area contributed by atoms with E-state index in [1.54, 1.807) is 4.90 Å².